The van der Waals surface area contributed by atoms with Crippen molar-refractivity contribution in [1.29, 1.82) is 0 Å². The van der Waals surface area contributed by atoms with Crippen molar-refractivity contribution < 1.29 is 4.79 Å². The van der Waals surface area contributed by atoms with Gasteiger partial charge in [0.1, 0.15) is 0 Å². The molecule has 0 radical (unpaired) electrons. The summed E-state index contributed by atoms with van der Waals surface area (Å²) in [4.78, 5) is 13.4. The Morgan fingerprint density at radius 3 is 2.95 bits per heavy atom. The minimum absolute atomic E-state index is 0.270. The maximum Gasteiger partial charge on any atom is 0.220 e. The van der Waals surface area contributed by atoms with Gasteiger partial charge in [0.25, 0.3) is 0 Å². The Morgan fingerprint density at radius 2 is 2.29 bits per heavy atom. The van der Waals surface area contributed by atoms with Gasteiger partial charge in [-0.1, -0.05) is 6.42 Å². The first-order valence-electron chi connectivity index (χ1n) is 7.79. The minimum atomic E-state index is 0.270. The van der Waals surface area contributed by atoms with Crippen LogP contribution in [0.2, 0.25) is 0 Å². The molecule has 1 amide bonds. The standard InChI is InChI=1S/C16H22BrNOS2/c17-15-4-3-14(21-15)10-20-6-5-18-16(19)9-13-8-11-1-2-12(13)7-11/h3-4,11-13H,1-2,5-10H2,(H,18,19)/t11-,12+,13+/m0/s1. The van der Waals surface area contributed by atoms with Crippen LogP contribution >= 0.6 is 39.0 Å². The number of nitrogens with one attached hydrogen (secondary N) is 1. The van der Waals surface area contributed by atoms with Crippen LogP contribution in [0.15, 0.2) is 15.9 Å². The third-order valence-electron chi connectivity index (χ3n) is 4.77. The van der Waals surface area contributed by atoms with Gasteiger partial charge in [-0.3, -0.25) is 4.79 Å². The SMILES string of the molecule is O=C(C[C@H]1C[C@H]2CC[C@@H]1C2)NCCSCc1ccc(Br)s1. The second-order valence-corrected chi connectivity index (χ2v) is 9.90. The molecular formula is C16H22BrNOS2. The third kappa shape index (κ3) is 4.49. The summed E-state index contributed by atoms with van der Waals surface area (Å²) < 4.78 is 1.19. The molecule has 21 heavy (non-hydrogen) atoms. The summed E-state index contributed by atoms with van der Waals surface area (Å²) in [6.45, 7) is 0.802. The van der Waals surface area contributed by atoms with E-state index in [4.69, 9.17) is 0 Å². The Hall–Kier alpha value is -0.0000000000000000833. The van der Waals surface area contributed by atoms with E-state index in [1.54, 1.807) is 11.3 Å². The highest BCUT2D eigenvalue weighted by Crippen LogP contribution is 2.49. The fourth-order valence-electron chi connectivity index (χ4n) is 3.80. The van der Waals surface area contributed by atoms with E-state index in [0.717, 1.165) is 36.3 Å². The quantitative estimate of drug-likeness (QED) is 0.687. The minimum Gasteiger partial charge on any atom is -0.355 e. The summed E-state index contributed by atoms with van der Waals surface area (Å²) in [5, 5.41) is 3.09. The number of halogens is 1. The van der Waals surface area contributed by atoms with E-state index in [2.05, 4.69) is 33.4 Å². The molecule has 2 saturated carbocycles. The van der Waals surface area contributed by atoms with E-state index >= 15 is 0 Å². The number of hydrogen-bond donors (Lipinski definition) is 1. The van der Waals surface area contributed by atoms with E-state index in [9.17, 15) is 4.79 Å². The van der Waals surface area contributed by atoms with Gasteiger partial charge >= 0.3 is 0 Å². The molecule has 0 unspecified atom stereocenters. The van der Waals surface area contributed by atoms with Gasteiger partial charge < -0.3 is 5.32 Å². The number of carbonyl (C=O) groups excluding carboxylic acids is 1. The smallest absolute Gasteiger partial charge is 0.220 e. The van der Waals surface area contributed by atoms with Crippen molar-refractivity contribution in [1.82, 2.24) is 5.32 Å². The third-order valence-corrected chi connectivity index (χ3v) is 7.59. The lowest BCUT2D eigenvalue weighted by atomic mass is 9.86. The van der Waals surface area contributed by atoms with Crippen molar-refractivity contribution in [2.75, 3.05) is 12.3 Å². The molecule has 0 saturated heterocycles. The highest BCUT2D eigenvalue weighted by atomic mass is 79.9. The van der Waals surface area contributed by atoms with Gasteiger partial charge in [0.15, 0.2) is 0 Å². The zero-order valence-electron chi connectivity index (χ0n) is 12.1. The van der Waals surface area contributed by atoms with Crippen molar-refractivity contribution in [3.8, 4) is 0 Å². The van der Waals surface area contributed by atoms with Crippen LogP contribution in [0, 0.1) is 17.8 Å². The predicted molar refractivity (Wildman–Crippen MR) is 94.7 cm³/mol. The fourth-order valence-corrected chi connectivity index (χ4v) is 6.25. The number of amides is 1. The molecule has 2 aliphatic carbocycles. The summed E-state index contributed by atoms with van der Waals surface area (Å²) in [5.74, 6) is 4.78. The molecule has 1 N–H and O–H groups in total. The van der Waals surface area contributed by atoms with Gasteiger partial charge in [0.05, 0.1) is 3.79 Å². The van der Waals surface area contributed by atoms with Gasteiger partial charge in [-0.05, 0) is 65.1 Å². The van der Waals surface area contributed by atoms with Gasteiger partial charge in [-0.15, -0.1) is 11.3 Å². The lowest BCUT2D eigenvalue weighted by Gasteiger charge is -2.20. The number of carbonyl (C=O) groups is 1. The van der Waals surface area contributed by atoms with Crippen LogP contribution in [0.3, 0.4) is 0 Å². The molecule has 2 aliphatic rings. The first kappa shape index (κ1) is 15.9. The zero-order valence-corrected chi connectivity index (χ0v) is 15.4. The van der Waals surface area contributed by atoms with Crippen molar-refractivity contribution in [2.45, 2.75) is 37.9 Å². The average Bonchev–Trinajstić information content (AvgIpc) is 3.15. The first-order valence-corrected chi connectivity index (χ1v) is 10.6. The van der Waals surface area contributed by atoms with Crippen LogP contribution in [-0.2, 0) is 10.5 Å². The van der Waals surface area contributed by atoms with E-state index in [1.807, 2.05) is 11.8 Å². The van der Waals surface area contributed by atoms with Crippen LogP contribution in [0.4, 0.5) is 0 Å². The lowest BCUT2D eigenvalue weighted by Crippen LogP contribution is -2.29. The van der Waals surface area contributed by atoms with Crippen LogP contribution in [0.1, 0.15) is 37.0 Å². The second-order valence-electron chi connectivity index (χ2n) is 6.25. The first-order chi connectivity index (χ1) is 10.2. The Kier molecular flexibility index (Phi) is 5.68. The largest absolute Gasteiger partial charge is 0.355 e. The summed E-state index contributed by atoms with van der Waals surface area (Å²) in [7, 11) is 0. The molecule has 3 rings (SSSR count). The summed E-state index contributed by atoms with van der Waals surface area (Å²) >= 11 is 7.16. The molecule has 116 valence electrons. The monoisotopic (exact) mass is 387 g/mol. The molecule has 2 fully saturated rings. The zero-order chi connectivity index (χ0) is 14.7. The number of rotatable bonds is 7. The van der Waals surface area contributed by atoms with Crippen LogP contribution in [-0.4, -0.2) is 18.2 Å². The molecule has 1 aromatic heterocycles. The lowest BCUT2D eigenvalue weighted by molar-refractivity contribution is -0.122. The summed E-state index contributed by atoms with van der Waals surface area (Å²) in [5.41, 5.74) is 0. The summed E-state index contributed by atoms with van der Waals surface area (Å²) in [6, 6.07) is 4.26. The molecule has 1 aromatic rings. The van der Waals surface area contributed by atoms with Gasteiger partial charge in [0, 0.05) is 29.3 Å². The van der Waals surface area contributed by atoms with E-state index in [-0.39, 0.29) is 5.91 Å². The predicted octanol–water partition coefficient (Wildman–Crippen LogP) is 4.69. The van der Waals surface area contributed by atoms with Crippen LogP contribution in [0.5, 0.6) is 0 Å². The van der Waals surface area contributed by atoms with Crippen molar-refractivity contribution in [3.63, 3.8) is 0 Å². The van der Waals surface area contributed by atoms with E-state index in [1.165, 1.54) is 34.3 Å². The number of hydrogen-bond acceptors (Lipinski definition) is 3. The fraction of sp³-hybridized carbons (Fsp3) is 0.688. The molecule has 2 nitrogen and oxygen atoms in total. The van der Waals surface area contributed by atoms with Crippen molar-refractivity contribution in [2.24, 2.45) is 17.8 Å². The Morgan fingerprint density at radius 1 is 1.38 bits per heavy atom. The Labute approximate surface area is 143 Å². The number of thiophene rings is 1. The average molecular weight is 388 g/mol. The molecule has 3 atom stereocenters. The maximum atomic E-state index is 12.0. The maximum absolute atomic E-state index is 12.0. The highest BCUT2D eigenvalue weighted by Gasteiger charge is 2.39. The second kappa shape index (κ2) is 7.51. The molecule has 1 heterocycles. The highest BCUT2D eigenvalue weighted by molar-refractivity contribution is 9.11. The number of fused-ring (bicyclic) bond motifs is 2. The van der Waals surface area contributed by atoms with Crippen molar-refractivity contribution in [3.05, 3.63) is 20.8 Å². The molecule has 5 heteroatoms. The number of thioether (sulfide) groups is 1. The van der Waals surface area contributed by atoms with E-state index in [0.29, 0.717) is 5.92 Å². The van der Waals surface area contributed by atoms with Crippen molar-refractivity contribution >= 4 is 44.9 Å². The Bertz CT molecular complexity index is 490. The topological polar surface area (TPSA) is 29.1 Å². The molecule has 0 aromatic carbocycles. The molecular weight excluding hydrogens is 366 g/mol. The van der Waals surface area contributed by atoms with Crippen LogP contribution in [0.25, 0.3) is 0 Å². The van der Waals surface area contributed by atoms with Gasteiger partial charge in [0.2, 0.25) is 5.91 Å². The van der Waals surface area contributed by atoms with Crippen LogP contribution < -0.4 is 5.32 Å². The molecule has 0 aliphatic heterocycles. The molecule has 2 bridgehead atoms. The normalized spacial score (nSPS) is 27.2. The summed E-state index contributed by atoms with van der Waals surface area (Å²) in [6.07, 6.45) is 6.25. The van der Waals surface area contributed by atoms with Gasteiger partial charge in [-0.25, -0.2) is 0 Å². The Balaban J connectivity index is 1.26. The van der Waals surface area contributed by atoms with E-state index < -0.39 is 0 Å². The molecule has 0 spiro atoms. The van der Waals surface area contributed by atoms with Gasteiger partial charge in [-0.2, -0.15) is 11.8 Å².